The van der Waals surface area contributed by atoms with Crippen LogP contribution in [0.3, 0.4) is 0 Å². The molecular weight excluding hydrogens is 701 g/mol. The number of benzene rings is 2. The number of nitrogens with one attached hydrogen (secondary N) is 4. The minimum Gasteiger partial charge on any atom is -0.481 e. The van der Waals surface area contributed by atoms with Gasteiger partial charge >= 0.3 is 13.6 Å². The van der Waals surface area contributed by atoms with E-state index in [4.69, 9.17) is 5.73 Å². The van der Waals surface area contributed by atoms with E-state index < -0.39 is 79.6 Å². The first-order valence-corrected chi connectivity index (χ1v) is 19.7. The van der Waals surface area contributed by atoms with Crippen molar-refractivity contribution >= 4 is 48.1 Å². The molecule has 9 N–H and O–H groups in total. The Morgan fingerprint density at radius 3 is 2.36 bits per heavy atom. The van der Waals surface area contributed by atoms with Gasteiger partial charge in [0.15, 0.2) is 0 Å². The van der Waals surface area contributed by atoms with E-state index in [9.17, 15) is 43.4 Å². The van der Waals surface area contributed by atoms with Crippen molar-refractivity contribution in [2.75, 3.05) is 6.54 Å². The zero-order valence-electron chi connectivity index (χ0n) is 29.7. The Kier molecular flexibility index (Phi) is 12.6. The number of aryl methyl sites for hydroxylation is 1. The summed E-state index contributed by atoms with van der Waals surface area (Å²) < 4.78 is 11.7. The Balaban J connectivity index is 1.58. The number of aromatic nitrogens is 1. The highest BCUT2D eigenvalue weighted by Gasteiger charge is 2.45. The van der Waals surface area contributed by atoms with Gasteiger partial charge in [0.05, 0.1) is 24.9 Å². The molecule has 1 aromatic heterocycles. The Morgan fingerprint density at radius 2 is 1.70 bits per heavy atom. The van der Waals surface area contributed by atoms with Crippen molar-refractivity contribution in [1.82, 2.24) is 20.9 Å². The van der Waals surface area contributed by atoms with Crippen molar-refractivity contribution < 1.29 is 43.4 Å². The van der Waals surface area contributed by atoms with E-state index in [0.29, 0.717) is 36.8 Å². The number of hydrogen-bond acceptors (Lipinski definition) is 6. The molecule has 4 unspecified atom stereocenters. The first-order valence-electron chi connectivity index (χ1n) is 17.9. The molecular formula is C38H48N5O9P. The van der Waals surface area contributed by atoms with Gasteiger partial charge in [-0.3, -0.25) is 28.5 Å². The lowest BCUT2D eigenvalue weighted by molar-refractivity contribution is -0.143. The maximum atomic E-state index is 14.3. The molecule has 0 radical (unpaired) electrons. The van der Waals surface area contributed by atoms with Crippen molar-refractivity contribution in [2.24, 2.45) is 17.6 Å². The van der Waals surface area contributed by atoms with E-state index in [1.54, 1.807) is 30.3 Å². The number of fused-ring (bicyclic) bond motifs is 1. The SMILES string of the molecule is Cc1ccc2[nH]cc(CC3CC=CC(c4ccc(CP(=O)(O)O)cc4)C(CC(=O)O)C(=O)NC4(CCCCC4)C(=O)NC(CC(N)=O)C(=O)NC3)c2c1. The van der Waals surface area contributed by atoms with Gasteiger partial charge in [-0.15, -0.1) is 0 Å². The van der Waals surface area contributed by atoms with Crippen LogP contribution in [-0.2, 0) is 41.1 Å². The van der Waals surface area contributed by atoms with Crippen molar-refractivity contribution in [3.63, 3.8) is 0 Å². The summed E-state index contributed by atoms with van der Waals surface area (Å²) in [7, 11) is -4.36. The van der Waals surface area contributed by atoms with Crippen LogP contribution in [0, 0.1) is 18.8 Å². The number of aliphatic carboxylic acids is 1. The summed E-state index contributed by atoms with van der Waals surface area (Å²) in [5.41, 5.74) is 8.00. The first-order chi connectivity index (χ1) is 25.1. The van der Waals surface area contributed by atoms with E-state index >= 15 is 0 Å². The molecule has 1 fully saturated rings. The van der Waals surface area contributed by atoms with Crippen molar-refractivity contribution in [3.05, 3.63) is 83.1 Å². The molecule has 4 atom stereocenters. The van der Waals surface area contributed by atoms with E-state index in [2.05, 4.69) is 27.0 Å². The number of hydrogen-bond donors (Lipinski definition) is 8. The van der Waals surface area contributed by atoms with Gasteiger partial charge in [-0.1, -0.05) is 67.3 Å². The standard InChI is InChI=1S/C38H48N5O9P/c1-23-8-13-31-29(16-23)27(21-40-31)17-25-6-5-7-28(26-11-9-24(10-12-26)22-53(50,51)52)30(18-34(45)46)35(47)43-38(14-3-2-4-15-38)37(49)42-32(19-33(39)44)36(48)41-20-25/h5,7-13,16,21,25,28,30,32,40H,2-4,6,14-15,17-20,22H2,1H3,(H2,39,44)(H,41,48)(H,42,49)(H,43,47)(H,45,46)(H2,50,51,52). The summed E-state index contributed by atoms with van der Waals surface area (Å²) in [6.07, 6.45) is 7.37. The minimum absolute atomic E-state index is 0.162. The van der Waals surface area contributed by atoms with Crippen LogP contribution in [-0.4, -0.2) is 67.6 Å². The highest BCUT2D eigenvalue weighted by molar-refractivity contribution is 7.50. The molecule has 1 aliphatic carbocycles. The third kappa shape index (κ3) is 10.4. The normalized spacial score (nSPS) is 23.0. The molecule has 1 aliphatic heterocycles. The van der Waals surface area contributed by atoms with Gasteiger partial charge in [0.25, 0.3) is 0 Å². The van der Waals surface area contributed by atoms with E-state index in [0.717, 1.165) is 28.5 Å². The Labute approximate surface area is 307 Å². The molecule has 4 amide bonds. The van der Waals surface area contributed by atoms with Gasteiger partial charge < -0.3 is 41.6 Å². The topological polar surface area (TPSA) is 241 Å². The summed E-state index contributed by atoms with van der Waals surface area (Å²) in [6.45, 7) is 2.16. The van der Waals surface area contributed by atoms with Crippen molar-refractivity contribution in [2.45, 2.75) is 88.4 Å². The molecule has 15 heteroatoms. The second kappa shape index (κ2) is 16.9. The van der Waals surface area contributed by atoms with Crippen LogP contribution in [0.2, 0.25) is 0 Å². The minimum atomic E-state index is -4.36. The number of carboxylic acid groups (broad SMARTS) is 1. The zero-order valence-corrected chi connectivity index (χ0v) is 30.6. The third-order valence-corrected chi connectivity index (χ3v) is 11.0. The molecule has 1 spiro atoms. The molecule has 5 rings (SSSR count). The second-order valence-corrected chi connectivity index (χ2v) is 16.1. The number of H-pyrrole nitrogens is 1. The maximum absolute atomic E-state index is 14.3. The molecule has 1 saturated carbocycles. The van der Waals surface area contributed by atoms with Crippen LogP contribution in [0.4, 0.5) is 0 Å². The number of carbonyl (C=O) groups is 5. The van der Waals surface area contributed by atoms with Crippen molar-refractivity contribution in [3.8, 4) is 0 Å². The highest BCUT2D eigenvalue weighted by atomic mass is 31.2. The molecule has 14 nitrogen and oxygen atoms in total. The van der Waals surface area contributed by atoms with E-state index in [1.807, 2.05) is 31.3 Å². The van der Waals surface area contributed by atoms with Gasteiger partial charge in [-0.2, -0.15) is 0 Å². The van der Waals surface area contributed by atoms with Crippen LogP contribution in [0.5, 0.6) is 0 Å². The zero-order chi connectivity index (χ0) is 38.3. The van der Waals surface area contributed by atoms with Gasteiger partial charge in [0.2, 0.25) is 23.6 Å². The van der Waals surface area contributed by atoms with Crippen LogP contribution >= 0.6 is 7.60 Å². The van der Waals surface area contributed by atoms with Crippen molar-refractivity contribution in [1.29, 1.82) is 0 Å². The highest BCUT2D eigenvalue weighted by Crippen LogP contribution is 2.40. The fourth-order valence-corrected chi connectivity index (χ4v) is 8.21. The summed E-state index contributed by atoms with van der Waals surface area (Å²) in [6, 6.07) is 11.1. The molecule has 2 aromatic carbocycles. The monoisotopic (exact) mass is 749 g/mol. The van der Waals surface area contributed by atoms with Crippen LogP contribution in [0.25, 0.3) is 10.9 Å². The average Bonchev–Trinajstić information content (AvgIpc) is 3.48. The van der Waals surface area contributed by atoms with Gasteiger partial charge in [-0.05, 0) is 67.3 Å². The number of allylic oxidation sites excluding steroid dienone is 2. The van der Waals surface area contributed by atoms with Gasteiger partial charge in [0, 0.05) is 29.6 Å². The quantitative estimate of drug-likeness (QED) is 0.118. The lowest BCUT2D eigenvalue weighted by Gasteiger charge is -2.39. The first kappa shape index (κ1) is 39.4. The fourth-order valence-electron chi connectivity index (χ4n) is 7.53. The van der Waals surface area contributed by atoms with E-state index in [-0.39, 0.29) is 25.3 Å². The number of amides is 4. The lowest BCUT2D eigenvalue weighted by Crippen LogP contribution is -2.64. The predicted octanol–water partition coefficient (Wildman–Crippen LogP) is 3.44. The smallest absolute Gasteiger partial charge is 0.329 e. The average molecular weight is 750 g/mol. The Hall–Kier alpha value is -4.78. The summed E-state index contributed by atoms with van der Waals surface area (Å²) in [4.78, 5) is 88.9. The van der Waals surface area contributed by atoms with Crippen LogP contribution < -0.4 is 21.7 Å². The third-order valence-electron chi connectivity index (χ3n) is 10.3. The molecule has 3 aromatic rings. The summed E-state index contributed by atoms with van der Waals surface area (Å²) in [5.74, 6) is -6.16. The molecule has 2 heterocycles. The predicted molar refractivity (Wildman–Crippen MR) is 197 cm³/mol. The maximum Gasteiger partial charge on any atom is 0.329 e. The fraction of sp³-hybridized carbons (Fsp3) is 0.447. The Morgan fingerprint density at radius 1 is 0.981 bits per heavy atom. The number of carbonyl (C=O) groups excluding carboxylic acids is 4. The molecule has 0 bridgehead atoms. The number of rotatable bonds is 9. The number of primary amides is 1. The number of nitrogens with two attached hydrogens (primary N) is 1. The Bertz CT molecular complexity index is 1910. The van der Waals surface area contributed by atoms with Gasteiger partial charge in [0.1, 0.15) is 11.6 Å². The van der Waals surface area contributed by atoms with Crippen LogP contribution in [0.1, 0.15) is 79.5 Å². The lowest BCUT2D eigenvalue weighted by atomic mass is 9.78. The molecule has 2 aliphatic rings. The number of carboxylic acids is 1. The largest absolute Gasteiger partial charge is 0.481 e. The summed E-state index contributed by atoms with van der Waals surface area (Å²) in [5, 5.41) is 19.6. The molecule has 53 heavy (non-hydrogen) atoms. The van der Waals surface area contributed by atoms with Crippen LogP contribution in [0.15, 0.2) is 60.8 Å². The van der Waals surface area contributed by atoms with E-state index in [1.165, 1.54) is 0 Å². The second-order valence-electron chi connectivity index (χ2n) is 14.5. The summed E-state index contributed by atoms with van der Waals surface area (Å²) >= 11 is 0. The van der Waals surface area contributed by atoms with Gasteiger partial charge in [-0.25, -0.2) is 0 Å². The number of aromatic amines is 1. The molecule has 284 valence electrons. The molecule has 0 saturated heterocycles.